The van der Waals surface area contributed by atoms with Crippen molar-refractivity contribution in [1.29, 1.82) is 0 Å². The Hall–Kier alpha value is -3.71. The molecule has 0 unspecified atom stereocenters. The Labute approximate surface area is 205 Å². The lowest BCUT2D eigenvalue weighted by Crippen LogP contribution is -2.34. The largest absolute Gasteiger partial charge is 0.494 e. The molecule has 3 aromatic rings. The zero-order chi connectivity index (χ0) is 24.3. The predicted molar refractivity (Wildman–Crippen MR) is 139 cm³/mol. The van der Waals surface area contributed by atoms with Gasteiger partial charge in [0.25, 0.3) is 11.8 Å². The van der Waals surface area contributed by atoms with Gasteiger partial charge in [0.05, 0.1) is 6.61 Å². The van der Waals surface area contributed by atoms with Gasteiger partial charge in [-0.05, 0) is 60.6 Å². The molecule has 0 radical (unpaired) electrons. The molecule has 2 N–H and O–H groups in total. The van der Waals surface area contributed by atoms with Crippen LogP contribution in [-0.4, -0.2) is 35.5 Å². The minimum atomic E-state index is -0.340. The Morgan fingerprint density at radius 2 is 1.68 bits per heavy atom. The van der Waals surface area contributed by atoms with Gasteiger partial charge in [-0.1, -0.05) is 55.8 Å². The summed E-state index contributed by atoms with van der Waals surface area (Å²) in [6, 6.07) is 23.8. The summed E-state index contributed by atoms with van der Waals surface area (Å²) in [4.78, 5) is 27.1. The molecule has 176 valence electrons. The van der Waals surface area contributed by atoms with Gasteiger partial charge in [-0.15, -0.1) is 0 Å². The number of benzene rings is 3. The molecule has 0 atom stereocenters. The molecule has 0 saturated carbocycles. The van der Waals surface area contributed by atoms with Crippen LogP contribution in [0, 0.1) is 0 Å². The molecule has 0 aliphatic heterocycles. The van der Waals surface area contributed by atoms with Gasteiger partial charge in [0.1, 0.15) is 5.75 Å². The highest BCUT2D eigenvalue weighted by molar-refractivity contribution is 7.80. The van der Waals surface area contributed by atoms with Crippen molar-refractivity contribution in [3.8, 4) is 5.75 Å². The van der Waals surface area contributed by atoms with Crippen molar-refractivity contribution in [3.05, 3.63) is 95.6 Å². The van der Waals surface area contributed by atoms with Crippen LogP contribution in [0.5, 0.6) is 5.75 Å². The lowest BCUT2D eigenvalue weighted by atomic mass is 10.1. The fourth-order valence-electron chi connectivity index (χ4n) is 3.28. The average Bonchev–Trinajstić information content (AvgIpc) is 2.84. The van der Waals surface area contributed by atoms with Gasteiger partial charge in [0.15, 0.2) is 5.11 Å². The van der Waals surface area contributed by atoms with Crippen LogP contribution in [0.25, 0.3) is 0 Å². The molecular weight excluding hydrogens is 446 g/mol. The van der Waals surface area contributed by atoms with Crippen molar-refractivity contribution in [3.63, 3.8) is 0 Å². The fourth-order valence-corrected chi connectivity index (χ4v) is 3.49. The highest BCUT2D eigenvalue weighted by Gasteiger charge is 2.14. The Bertz CT molecular complexity index is 1130. The summed E-state index contributed by atoms with van der Waals surface area (Å²) in [6.45, 7) is 3.21. The number of anilines is 1. The SMILES string of the molecule is CCCCOc1cccc(C(=O)NC(=S)Nc2cccc(C(=O)N(C)Cc3ccccc3)c2)c1. The Kier molecular flexibility index (Phi) is 9.17. The normalized spacial score (nSPS) is 10.3. The molecule has 0 bridgehead atoms. The average molecular weight is 476 g/mol. The Balaban J connectivity index is 1.58. The zero-order valence-electron chi connectivity index (χ0n) is 19.4. The third kappa shape index (κ3) is 7.42. The van der Waals surface area contributed by atoms with E-state index in [-0.39, 0.29) is 16.9 Å². The third-order valence-corrected chi connectivity index (χ3v) is 5.27. The first-order valence-corrected chi connectivity index (χ1v) is 11.6. The number of hydrogen-bond acceptors (Lipinski definition) is 4. The maximum Gasteiger partial charge on any atom is 0.257 e. The first-order valence-electron chi connectivity index (χ1n) is 11.2. The number of nitrogens with zero attached hydrogens (tertiary/aromatic N) is 1. The maximum atomic E-state index is 12.9. The second-order valence-electron chi connectivity index (χ2n) is 7.87. The van der Waals surface area contributed by atoms with E-state index in [1.165, 1.54) is 0 Å². The van der Waals surface area contributed by atoms with E-state index < -0.39 is 0 Å². The number of thiocarbonyl (C=S) groups is 1. The van der Waals surface area contributed by atoms with Crippen LogP contribution >= 0.6 is 12.2 Å². The minimum Gasteiger partial charge on any atom is -0.494 e. The number of hydrogen-bond donors (Lipinski definition) is 2. The van der Waals surface area contributed by atoms with Crippen molar-refractivity contribution < 1.29 is 14.3 Å². The number of amides is 2. The number of carbonyl (C=O) groups excluding carboxylic acids is 2. The van der Waals surface area contributed by atoms with Crippen LogP contribution in [0.15, 0.2) is 78.9 Å². The lowest BCUT2D eigenvalue weighted by Gasteiger charge is -2.18. The number of carbonyl (C=O) groups is 2. The number of rotatable bonds is 9. The molecule has 7 heteroatoms. The summed E-state index contributed by atoms with van der Waals surface area (Å²) in [5.74, 6) is 0.196. The summed E-state index contributed by atoms with van der Waals surface area (Å²) in [5, 5.41) is 5.80. The second-order valence-corrected chi connectivity index (χ2v) is 8.27. The van der Waals surface area contributed by atoms with Gasteiger partial charge >= 0.3 is 0 Å². The molecule has 3 aromatic carbocycles. The first kappa shape index (κ1) is 24.9. The summed E-state index contributed by atoms with van der Waals surface area (Å²) >= 11 is 5.31. The number of unbranched alkanes of at least 4 members (excludes halogenated alkanes) is 1. The van der Waals surface area contributed by atoms with E-state index in [1.807, 2.05) is 36.4 Å². The van der Waals surface area contributed by atoms with Crippen molar-refractivity contribution in [2.75, 3.05) is 19.0 Å². The molecule has 2 amide bonds. The highest BCUT2D eigenvalue weighted by Crippen LogP contribution is 2.16. The topological polar surface area (TPSA) is 70.7 Å². The Morgan fingerprint density at radius 1 is 0.941 bits per heavy atom. The van der Waals surface area contributed by atoms with E-state index in [1.54, 1.807) is 54.4 Å². The van der Waals surface area contributed by atoms with Crippen LogP contribution in [-0.2, 0) is 6.54 Å². The van der Waals surface area contributed by atoms with Crippen molar-refractivity contribution in [1.82, 2.24) is 10.2 Å². The van der Waals surface area contributed by atoms with Crippen LogP contribution in [0.4, 0.5) is 5.69 Å². The van der Waals surface area contributed by atoms with Gasteiger partial charge in [0.2, 0.25) is 0 Å². The molecule has 0 aliphatic carbocycles. The van der Waals surface area contributed by atoms with Crippen LogP contribution in [0.2, 0.25) is 0 Å². The molecule has 0 aromatic heterocycles. The van der Waals surface area contributed by atoms with E-state index in [0.717, 1.165) is 18.4 Å². The maximum absolute atomic E-state index is 12.9. The van der Waals surface area contributed by atoms with Gasteiger partial charge in [0, 0.05) is 30.4 Å². The van der Waals surface area contributed by atoms with E-state index in [4.69, 9.17) is 17.0 Å². The molecule has 0 saturated heterocycles. The molecule has 0 aliphatic rings. The summed E-state index contributed by atoms with van der Waals surface area (Å²) in [5.41, 5.74) is 2.64. The molecule has 0 heterocycles. The molecule has 3 rings (SSSR count). The fraction of sp³-hybridized carbons (Fsp3) is 0.222. The van der Waals surface area contributed by atoms with Crippen molar-refractivity contribution in [2.24, 2.45) is 0 Å². The van der Waals surface area contributed by atoms with Gasteiger partial charge in [-0.25, -0.2) is 0 Å². The molecule has 34 heavy (non-hydrogen) atoms. The molecule has 6 nitrogen and oxygen atoms in total. The van der Waals surface area contributed by atoms with Crippen molar-refractivity contribution >= 4 is 34.8 Å². The standard InChI is InChI=1S/C27H29N3O3S/c1-3-4-16-33-24-15-9-12-21(18-24)25(31)29-27(34)28-23-14-8-13-22(17-23)26(32)30(2)19-20-10-6-5-7-11-20/h5-15,17-18H,3-4,16,19H2,1-2H3,(H2,28,29,31,34). The summed E-state index contributed by atoms with van der Waals surface area (Å²) < 4.78 is 5.67. The van der Waals surface area contributed by atoms with Crippen LogP contribution in [0.3, 0.4) is 0 Å². The van der Waals surface area contributed by atoms with E-state index in [0.29, 0.717) is 35.7 Å². The van der Waals surface area contributed by atoms with Gasteiger partial charge < -0.3 is 15.0 Å². The third-order valence-electron chi connectivity index (χ3n) is 5.07. The van der Waals surface area contributed by atoms with E-state index in [9.17, 15) is 9.59 Å². The molecular formula is C27H29N3O3S. The van der Waals surface area contributed by atoms with E-state index >= 15 is 0 Å². The molecule has 0 spiro atoms. The molecule has 0 fully saturated rings. The minimum absolute atomic E-state index is 0.109. The quantitative estimate of drug-likeness (QED) is 0.326. The predicted octanol–water partition coefficient (Wildman–Crippen LogP) is 5.26. The highest BCUT2D eigenvalue weighted by atomic mass is 32.1. The monoisotopic (exact) mass is 475 g/mol. The zero-order valence-corrected chi connectivity index (χ0v) is 20.2. The van der Waals surface area contributed by atoms with Crippen molar-refractivity contribution in [2.45, 2.75) is 26.3 Å². The summed E-state index contributed by atoms with van der Waals surface area (Å²) in [7, 11) is 1.76. The number of nitrogens with one attached hydrogen (secondary N) is 2. The first-order chi connectivity index (χ1) is 16.5. The smallest absolute Gasteiger partial charge is 0.257 e. The van der Waals surface area contributed by atoms with Crippen LogP contribution < -0.4 is 15.4 Å². The van der Waals surface area contributed by atoms with E-state index in [2.05, 4.69) is 17.6 Å². The summed E-state index contributed by atoms with van der Waals surface area (Å²) in [6.07, 6.45) is 1.99. The second kappa shape index (κ2) is 12.5. The van der Waals surface area contributed by atoms with Gasteiger partial charge in [-0.3, -0.25) is 14.9 Å². The number of ether oxygens (including phenoxy) is 1. The van der Waals surface area contributed by atoms with Gasteiger partial charge in [-0.2, -0.15) is 0 Å². The van der Waals surface area contributed by atoms with Crippen LogP contribution in [0.1, 0.15) is 46.0 Å². The Morgan fingerprint density at radius 3 is 2.44 bits per heavy atom. The lowest BCUT2D eigenvalue weighted by molar-refractivity contribution is 0.0785.